The fourth-order valence-electron chi connectivity index (χ4n) is 2.69. The summed E-state index contributed by atoms with van der Waals surface area (Å²) in [5, 5.41) is 1.19. The van der Waals surface area contributed by atoms with Crippen molar-refractivity contribution in [3.63, 3.8) is 0 Å². The van der Waals surface area contributed by atoms with E-state index in [9.17, 15) is 0 Å². The molecule has 0 saturated carbocycles. The molecule has 1 aromatic heterocycles. The molecule has 0 bridgehead atoms. The summed E-state index contributed by atoms with van der Waals surface area (Å²) < 4.78 is 0. The van der Waals surface area contributed by atoms with Crippen LogP contribution in [0.25, 0.3) is 10.9 Å². The second kappa shape index (κ2) is 6.90. The predicted octanol–water partition coefficient (Wildman–Crippen LogP) is 3.61. The molecule has 0 aliphatic heterocycles. The number of para-hydroxylation sites is 1. The molecule has 0 amide bonds. The van der Waals surface area contributed by atoms with Crippen LogP contribution in [-0.4, -0.2) is 24.6 Å². The van der Waals surface area contributed by atoms with Gasteiger partial charge in [-0.15, -0.1) is 0 Å². The van der Waals surface area contributed by atoms with Crippen LogP contribution in [0.1, 0.15) is 32.8 Å². The number of benzene rings is 1. The van der Waals surface area contributed by atoms with Crippen LogP contribution >= 0.6 is 0 Å². The SMILES string of the molecule is CCC(N)Cc1cc2ccccc2nc1N(C)CC(C)C. The standard InChI is InChI=1S/C18H27N3/c1-5-16(19)11-15-10-14-8-6-7-9-17(14)20-18(15)21(4)12-13(2)3/h6-10,13,16H,5,11-12,19H2,1-4H3. The minimum absolute atomic E-state index is 0.194. The molecule has 2 aromatic rings. The summed E-state index contributed by atoms with van der Waals surface area (Å²) in [6.07, 6.45) is 1.87. The van der Waals surface area contributed by atoms with Crippen molar-refractivity contribution in [3.05, 3.63) is 35.9 Å². The molecule has 0 aliphatic rings. The summed E-state index contributed by atoms with van der Waals surface area (Å²) in [5.74, 6) is 1.68. The molecule has 0 aliphatic carbocycles. The van der Waals surface area contributed by atoms with Crippen molar-refractivity contribution in [1.29, 1.82) is 0 Å². The van der Waals surface area contributed by atoms with Crippen LogP contribution in [0.5, 0.6) is 0 Å². The average molecular weight is 285 g/mol. The lowest BCUT2D eigenvalue weighted by molar-refractivity contribution is 0.623. The van der Waals surface area contributed by atoms with Crippen molar-refractivity contribution in [2.45, 2.75) is 39.7 Å². The average Bonchev–Trinajstić information content (AvgIpc) is 2.45. The van der Waals surface area contributed by atoms with Gasteiger partial charge in [-0.1, -0.05) is 39.0 Å². The minimum Gasteiger partial charge on any atom is -0.359 e. The fraction of sp³-hybridized carbons (Fsp3) is 0.500. The van der Waals surface area contributed by atoms with E-state index in [0.29, 0.717) is 5.92 Å². The smallest absolute Gasteiger partial charge is 0.132 e. The first-order valence-electron chi connectivity index (χ1n) is 7.86. The Kier molecular flexibility index (Phi) is 5.18. The summed E-state index contributed by atoms with van der Waals surface area (Å²) in [5.41, 5.74) is 8.48. The zero-order valence-corrected chi connectivity index (χ0v) is 13.6. The monoisotopic (exact) mass is 285 g/mol. The minimum atomic E-state index is 0.194. The van der Waals surface area contributed by atoms with Crippen LogP contribution in [-0.2, 0) is 6.42 Å². The normalized spacial score (nSPS) is 12.9. The number of aromatic nitrogens is 1. The molecule has 2 rings (SSSR count). The van der Waals surface area contributed by atoms with Crippen LogP contribution < -0.4 is 10.6 Å². The Balaban J connectivity index is 2.45. The molecule has 3 heteroatoms. The lowest BCUT2D eigenvalue weighted by Gasteiger charge is -2.24. The van der Waals surface area contributed by atoms with Crippen LogP contribution in [0.4, 0.5) is 5.82 Å². The highest BCUT2D eigenvalue weighted by atomic mass is 15.2. The van der Waals surface area contributed by atoms with E-state index in [2.05, 4.69) is 57.0 Å². The van der Waals surface area contributed by atoms with Crippen LogP contribution in [0.15, 0.2) is 30.3 Å². The van der Waals surface area contributed by atoms with Crippen molar-refractivity contribution in [2.75, 3.05) is 18.5 Å². The Morgan fingerprint density at radius 2 is 1.95 bits per heavy atom. The molecule has 0 fully saturated rings. The lowest BCUT2D eigenvalue weighted by atomic mass is 10.0. The molecular formula is C18H27N3. The number of nitrogens with zero attached hydrogens (tertiary/aromatic N) is 2. The maximum atomic E-state index is 6.17. The van der Waals surface area contributed by atoms with E-state index in [1.165, 1.54) is 10.9 Å². The summed E-state index contributed by atoms with van der Waals surface area (Å²) >= 11 is 0. The van der Waals surface area contributed by atoms with Gasteiger partial charge >= 0.3 is 0 Å². The second-order valence-electron chi connectivity index (χ2n) is 6.31. The Morgan fingerprint density at radius 1 is 1.24 bits per heavy atom. The lowest BCUT2D eigenvalue weighted by Crippen LogP contribution is -2.27. The summed E-state index contributed by atoms with van der Waals surface area (Å²) in [4.78, 5) is 7.14. The number of hydrogen-bond acceptors (Lipinski definition) is 3. The first-order chi connectivity index (χ1) is 10.0. The van der Waals surface area contributed by atoms with Gasteiger partial charge in [-0.3, -0.25) is 0 Å². The number of rotatable bonds is 6. The number of hydrogen-bond donors (Lipinski definition) is 1. The largest absolute Gasteiger partial charge is 0.359 e. The maximum absolute atomic E-state index is 6.17. The van der Waals surface area contributed by atoms with E-state index in [1.807, 2.05) is 6.07 Å². The fourth-order valence-corrected chi connectivity index (χ4v) is 2.69. The third kappa shape index (κ3) is 3.94. The summed E-state index contributed by atoms with van der Waals surface area (Å²) in [6, 6.07) is 10.7. The predicted molar refractivity (Wildman–Crippen MR) is 91.8 cm³/mol. The Morgan fingerprint density at radius 3 is 2.62 bits per heavy atom. The van der Waals surface area contributed by atoms with Crippen molar-refractivity contribution in [1.82, 2.24) is 4.98 Å². The zero-order chi connectivity index (χ0) is 15.4. The van der Waals surface area contributed by atoms with Gasteiger partial charge in [0.15, 0.2) is 0 Å². The van der Waals surface area contributed by atoms with Crippen LogP contribution in [0.2, 0.25) is 0 Å². The molecule has 0 radical (unpaired) electrons. The molecule has 1 aromatic carbocycles. The van der Waals surface area contributed by atoms with Gasteiger partial charge in [0.25, 0.3) is 0 Å². The topological polar surface area (TPSA) is 42.1 Å². The van der Waals surface area contributed by atoms with E-state index >= 15 is 0 Å². The molecular weight excluding hydrogens is 258 g/mol. The number of nitrogens with two attached hydrogens (primary N) is 1. The Labute approximate surface area is 128 Å². The first-order valence-corrected chi connectivity index (χ1v) is 7.86. The number of fused-ring (bicyclic) bond motifs is 1. The molecule has 0 saturated heterocycles. The molecule has 0 spiro atoms. The van der Waals surface area contributed by atoms with Gasteiger partial charge in [0.05, 0.1) is 5.52 Å². The van der Waals surface area contributed by atoms with E-state index < -0.39 is 0 Å². The summed E-state index contributed by atoms with van der Waals surface area (Å²) in [6.45, 7) is 7.60. The van der Waals surface area contributed by atoms with Gasteiger partial charge in [-0.2, -0.15) is 0 Å². The van der Waals surface area contributed by atoms with Crippen LogP contribution in [0, 0.1) is 5.92 Å². The van der Waals surface area contributed by atoms with E-state index in [1.54, 1.807) is 0 Å². The maximum Gasteiger partial charge on any atom is 0.132 e. The van der Waals surface area contributed by atoms with E-state index in [0.717, 1.165) is 30.7 Å². The molecule has 21 heavy (non-hydrogen) atoms. The van der Waals surface area contributed by atoms with E-state index in [4.69, 9.17) is 10.7 Å². The molecule has 114 valence electrons. The molecule has 2 N–H and O–H groups in total. The number of anilines is 1. The third-order valence-corrected chi connectivity index (χ3v) is 3.79. The first kappa shape index (κ1) is 15.8. The molecule has 3 nitrogen and oxygen atoms in total. The third-order valence-electron chi connectivity index (χ3n) is 3.79. The molecule has 1 heterocycles. The van der Waals surface area contributed by atoms with Gasteiger partial charge in [-0.05, 0) is 36.5 Å². The van der Waals surface area contributed by atoms with Gasteiger partial charge < -0.3 is 10.6 Å². The highest BCUT2D eigenvalue weighted by molar-refractivity contribution is 5.81. The molecule has 1 atom stereocenters. The quantitative estimate of drug-likeness (QED) is 0.881. The molecule has 1 unspecified atom stereocenters. The van der Waals surface area contributed by atoms with Gasteiger partial charge in [-0.25, -0.2) is 4.98 Å². The van der Waals surface area contributed by atoms with Gasteiger partial charge in [0.1, 0.15) is 5.82 Å². The number of pyridine rings is 1. The highest BCUT2D eigenvalue weighted by Gasteiger charge is 2.14. The van der Waals surface area contributed by atoms with Gasteiger partial charge in [0, 0.05) is 25.0 Å². The van der Waals surface area contributed by atoms with Crippen molar-refractivity contribution in [2.24, 2.45) is 11.7 Å². The second-order valence-corrected chi connectivity index (χ2v) is 6.31. The summed E-state index contributed by atoms with van der Waals surface area (Å²) in [7, 11) is 2.12. The Hall–Kier alpha value is -1.61. The van der Waals surface area contributed by atoms with Crippen molar-refractivity contribution in [3.8, 4) is 0 Å². The van der Waals surface area contributed by atoms with Crippen molar-refractivity contribution < 1.29 is 0 Å². The zero-order valence-electron chi connectivity index (χ0n) is 13.6. The van der Waals surface area contributed by atoms with Crippen molar-refractivity contribution >= 4 is 16.7 Å². The highest BCUT2D eigenvalue weighted by Crippen LogP contribution is 2.25. The Bertz CT molecular complexity index is 592. The van der Waals surface area contributed by atoms with Crippen LogP contribution in [0.3, 0.4) is 0 Å². The van der Waals surface area contributed by atoms with E-state index in [-0.39, 0.29) is 6.04 Å². The van der Waals surface area contributed by atoms with Gasteiger partial charge in [0.2, 0.25) is 0 Å².